The number of anilines is 1. The summed E-state index contributed by atoms with van der Waals surface area (Å²) in [7, 11) is 0. The maximum atomic E-state index is 13.1. The Morgan fingerprint density at radius 2 is 2.03 bits per heavy atom. The number of carbonyl (C=O) groups excluding carboxylic acids is 1. The SMILES string of the molecule is C=CCN(C(=O)CSc1nnc(-c2cccs2)n1CC)c1nc(-c2ccccc2)cs1. The highest BCUT2D eigenvalue weighted by molar-refractivity contribution is 7.99. The summed E-state index contributed by atoms with van der Waals surface area (Å²) in [5.41, 5.74) is 1.89. The summed E-state index contributed by atoms with van der Waals surface area (Å²) in [5.74, 6) is 1.04. The van der Waals surface area contributed by atoms with E-state index >= 15 is 0 Å². The average molecular weight is 468 g/mol. The molecule has 158 valence electrons. The van der Waals surface area contributed by atoms with Gasteiger partial charge in [-0.15, -0.1) is 39.4 Å². The summed E-state index contributed by atoms with van der Waals surface area (Å²) < 4.78 is 2.04. The van der Waals surface area contributed by atoms with Gasteiger partial charge in [-0.3, -0.25) is 9.69 Å². The monoisotopic (exact) mass is 467 g/mol. The molecule has 0 saturated carbocycles. The normalized spacial score (nSPS) is 10.9. The summed E-state index contributed by atoms with van der Waals surface area (Å²) in [4.78, 5) is 20.5. The molecule has 1 amide bonds. The predicted molar refractivity (Wildman–Crippen MR) is 130 cm³/mol. The van der Waals surface area contributed by atoms with Crippen LogP contribution in [0.25, 0.3) is 22.0 Å². The lowest BCUT2D eigenvalue weighted by Crippen LogP contribution is -2.32. The van der Waals surface area contributed by atoms with E-state index in [4.69, 9.17) is 0 Å². The van der Waals surface area contributed by atoms with Crippen LogP contribution >= 0.6 is 34.4 Å². The third kappa shape index (κ3) is 4.79. The fourth-order valence-corrected chi connectivity index (χ4v) is 5.47. The van der Waals surface area contributed by atoms with E-state index in [1.165, 1.54) is 23.1 Å². The molecular formula is C22H21N5OS3. The number of rotatable bonds is 9. The molecule has 0 N–H and O–H groups in total. The minimum atomic E-state index is -0.0396. The van der Waals surface area contributed by atoms with Gasteiger partial charge in [0.05, 0.1) is 16.3 Å². The van der Waals surface area contributed by atoms with E-state index in [2.05, 4.69) is 28.7 Å². The third-order valence-electron chi connectivity index (χ3n) is 4.50. The van der Waals surface area contributed by atoms with Gasteiger partial charge in [0.25, 0.3) is 0 Å². The van der Waals surface area contributed by atoms with Gasteiger partial charge in [-0.05, 0) is 18.4 Å². The maximum Gasteiger partial charge on any atom is 0.239 e. The van der Waals surface area contributed by atoms with Crippen molar-refractivity contribution in [1.82, 2.24) is 19.7 Å². The predicted octanol–water partition coefficient (Wildman–Crippen LogP) is 5.46. The average Bonchev–Trinajstić information content (AvgIpc) is 3.56. The van der Waals surface area contributed by atoms with Crippen LogP contribution in [0.2, 0.25) is 0 Å². The third-order valence-corrected chi connectivity index (χ3v) is 7.19. The minimum absolute atomic E-state index is 0.0396. The molecule has 31 heavy (non-hydrogen) atoms. The van der Waals surface area contributed by atoms with Crippen molar-refractivity contribution < 1.29 is 4.79 Å². The van der Waals surface area contributed by atoms with E-state index in [0.717, 1.165) is 33.7 Å². The Balaban J connectivity index is 1.49. The molecule has 1 aromatic carbocycles. The zero-order chi connectivity index (χ0) is 21.6. The molecule has 0 saturated heterocycles. The number of nitrogens with zero attached hydrogens (tertiary/aromatic N) is 5. The number of thioether (sulfide) groups is 1. The topological polar surface area (TPSA) is 63.9 Å². The molecule has 4 aromatic rings. The van der Waals surface area contributed by atoms with Crippen LogP contribution in [0.4, 0.5) is 5.13 Å². The number of aromatic nitrogens is 4. The van der Waals surface area contributed by atoms with Gasteiger partial charge in [0.2, 0.25) is 5.91 Å². The largest absolute Gasteiger partial charge is 0.302 e. The molecule has 4 rings (SSSR count). The van der Waals surface area contributed by atoms with Crippen LogP contribution in [-0.2, 0) is 11.3 Å². The summed E-state index contributed by atoms with van der Waals surface area (Å²) in [5, 5.41) is 14.0. The fourth-order valence-electron chi connectivity index (χ4n) is 3.02. The molecule has 0 unspecified atom stereocenters. The molecule has 6 nitrogen and oxygen atoms in total. The van der Waals surface area contributed by atoms with Crippen LogP contribution in [0, 0.1) is 0 Å². The second kappa shape index (κ2) is 10.0. The lowest BCUT2D eigenvalue weighted by atomic mass is 10.2. The van der Waals surface area contributed by atoms with Crippen LogP contribution < -0.4 is 4.90 Å². The Hall–Kier alpha value is -2.75. The zero-order valence-corrected chi connectivity index (χ0v) is 19.4. The van der Waals surface area contributed by atoms with Crippen LogP contribution in [-0.4, -0.2) is 38.0 Å². The lowest BCUT2D eigenvalue weighted by Gasteiger charge is -2.17. The first-order chi connectivity index (χ1) is 15.2. The number of thiazole rings is 1. The van der Waals surface area contributed by atoms with E-state index in [-0.39, 0.29) is 11.7 Å². The number of amides is 1. The van der Waals surface area contributed by atoms with Gasteiger partial charge in [-0.1, -0.05) is 54.2 Å². The number of hydrogen-bond acceptors (Lipinski definition) is 7. The number of carbonyl (C=O) groups is 1. The van der Waals surface area contributed by atoms with E-state index < -0.39 is 0 Å². The van der Waals surface area contributed by atoms with Gasteiger partial charge in [-0.25, -0.2) is 4.98 Å². The molecule has 0 radical (unpaired) electrons. The Labute approximate surface area is 193 Å². The molecule has 0 spiro atoms. The van der Waals surface area contributed by atoms with Crippen molar-refractivity contribution in [2.45, 2.75) is 18.6 Å². The van der Waals surface area contributed by atoms with Crippen LogP contribution in [0.5, 0.6) is 0 Å². The number of thiophene rings is 1. The lowest BCUT2D eigenvalue weighted by molar-refractivity contribution is -0.116. The summed E-state index contributed by atoms with van der Waals surface area (Å²) in [6.45, 7) is 7.00. The van der Waals surface area contributed by atoms with Crippen molar-refractivity contribution >= 4 is 45.5 Å². The van der Waals surface area contributed by atoms with Gasteiger partial charge in [0.15, 0.2) is 16.1 Å². The van der Waals surface area contributed by atoms with Crippen molar-refractivity contribution in [3.63, 3.8) is 0 Å². The molecule has 3 heterocycles. The van der Waals surface area contributed by atoms with Crippen molar-refractivity contribution in [3.05, 3.63) is 65.9 Å². The summed E-state index contributed by atoms with van der Waals surface area (Å²) in [6, 6.07) is 14.0. The van der Waals surface area contributed by atoms with Gasteiger partial charge in [-0.2, -0.15) is 0 Å². The highest BCUT2D eigenvalue weighted by atomic mass is 32.2. The second-order valence-corrected chi connectivity index (χ2v) is 9.22. The van der Waals surface area contributed by atoms with Crippen LogP contribution in [0.15, 0.2) is 71.0 Å². The first-order valence-electron chi connectivity index (χ1n) is 9.73. The highest BCUT2D eigenvalue weighted by Gasteiger charge is 2.21. The fraction of sp³-hybridized carbons (Fsp3) is 0.182. The molecule has 0 fully saturated rings. The van der Waals surface area contributed by atoms with Crippen molar-refractivity contribution in [2.24, 2.45) is 0 Å². The van der Waals surface area contributed by atoms with Gasteiger partial charge < -0.3 is 4.57 Å². The molecule has 9 heteroatoms. The smallest absolute Gasteiger partial charge is 0.239 e. The van der Waals surface area contributed by atoms with Gasteiger partial charge in [0, 0.05) is 24.0 Å². The van der Waals surface area contributed by atoms with E-state index in [1.54, 1.807) is 22.3 Å². The van der Waals surface area contributed by atoms with Gasteiger partial charge >= 0.3 is 0 Å². The first-order valence-corrected chi connectivity index (χ1v) is 12.5. The molecule has 0 aliphatic heterocycles. The Bertz CT molecular complexity index is 1150. The molecule has 0 atom stereocenters. The summed E-state index contributed by atoms with van der Waals surface area (Å²) >= 11 is 4.48. The van der Waals surface area contributed by atoms with Crippen LogP contribution in [0.3, 0.4) is 0 Å². The zero-order valence-electron chi connectivity index (χ0n) is 17.0. The Morgan fingerprint density at radius 1 is 1.19 bits per heavy atom. The van der Waals surface area contributed by atoms with E-state index in [1.807, 2.05) is 57.8 Å². The molecule has 0 aliphatic rings. The first kappa shape index (κ1) is 21.5. The Morgan fingerprint density at radius 3 is 2.74 bits per heavy atom. The molecule has 3 aromatic heterocycles. The highest BCUT2D eigenvalue weighted by Crippen LogP contribution is 2.30. The quantitative estimate of drug-likeness (QED) is 0.242. The minimum Gasteiger partial charge on any atom is -0.302 e. The number of hydrogen-bond donors (Lipinski definition) is 0. The van der Waals surface area contributed by atoms with Crippen molar-refractivity contribution in [1.29, 1.82) is 0 Å². The van der Waals surface area contributed by atoms with Crippen molar-refractivity contribution in [2.75, 3.05) is 17.2 Å². The standard InChI is InChI=1S/C22H21N5OS3/c1-3-12-27(21-23-17(14-30-21)16-9-6-5-7-10-16)19(28)15-31-22-25-24-20(26(22)4-2)18-11-8-13-29-18/h3,5-11,13-14H,1,4,12,15H2,2H3. The summed E-state index contributed by atoms with van der Waals surface area (Å²) in [6.07, 6.45) is 1.72. The molecule has 0 aliphatic carbocycles. The number of benzene rings is 1. The second-order valence-electron chi connectivity index (χ2n) is 6.49. The van der Waals surface area contributed by atoms with Gasteiger partial charge in [0.1, 0.15) is 0 Å². The maximum absolute atomic E-state index is 13.1. The molecule has 0 bridgehead atoms. The molecular weight excluding hydrogens is 446 g/mol. The Kier molecular flexibility index (Phi) is 6.96. The van der Waals surface area contributed by atoms with E-state index in [0.29, 0.717) is 11.7 Å². The van der Waals surface area contributed by atoms with Crippen molar-refractivity contribution in [3.8, 4) is 22.0 Å². The van der Waals surface area contributed by atoms with E-state index in [9.17, 15) is 4.79 Å². The van der Waals surface area contributed by atoms with Crippen LogP contribution in [0.1, 0.15) is 6.92 Å².